The van der Waals surface area contributed by atoms with Crippen molar-refractivity contribution < 1.29 is 10.0 Å². The van der Waals surface area contributed by atoms with Crippen molar-refractivity contribution >= 4 is 34.0 Å². The van der Waals surface area contributed by atoms with E-state index in [0.717, 1.165) is 37.9 Å². The van der Waals surface area contributed by atoms with Gasteiger partial charge in [-0.15, -0.1) is 0 Å². The molecule has 0 radical (unpaired) electrons. The second-order valence-electron chi connectivity index (χ2n) is 4.75. The van der Waals surface area contributed by atoms with Crippen LogP contribution in [0.25, 0.3) is 0 Å². The van der Waals surface area contributed by atoms with Crippen molar-refractivity contribution in [2.45, 2.75) is 31.7 Å². The molecule has 0 spiro atoms. The molecule has 1 aromatic carbocycles. The zero-order valence-corrected chi connectivity index (χ0v) is 12.7. The van der Waals surface area contributed by atoms with E-state index in [1.165, 1.54) is 0 Å². The van der Waals surface area contributed by atoms with Gasteiger partial charge in [0, 0.05) is 30.9 Å². The lowest BCUT2D eigenvalue weighted by Gasteiger charge is -2.26. The summed E-state index contributed by atoms with van der Waals surface area (Å²) in [6, 6.07) is 5.75. The Morgan fingerprint density at radius 2 is 2.32 bits per heavy atom. The number of nitro groups is 1. The van der Waals surface area contributed by atoms with E-state index >= 15 is 0 Å². The second-order valence-corrected chi connectivity index (χ2v) is 5.91. The minimum Gasteiger partial charge on any atom is -0.396 e. The quantitative estimate of drug-likeness (QED) is 0.488. The Kier molecular flexibility index (Phi) is 4.98. The summed E-state index contributed by atoms with van der Waals surface area (Å²) in [7, 11) is 0. The molecule has 6 heteroatoms. The molecule has 0 saturated carbocycles. The fourth-order valence-corrected chi connectivity index (χ4v) is 3.32. The van der Waals surface area contributed by atoms with Gasteiger partial charge in [0.05, 0.1) is 8.49 Å². The molecule has 1 aliphatic heterocycles. The van der Waals surface area contributed by atoms with Crippen LogP contribution in [0.3, 0.4) is 0 Å². The predicted molar refractivity (Wildman–Crippen MR) is 82.5 cm³/mol. The summed E-state index contributed by atoms with van der Waals surface area (Å²) in [5, 5.41) is 19.7. The third kappa shape index (κ3) is 3.36. The number of aliphatic hydroxyl groups is 1. The molecule has 1 saturated heterocycles. The number of rotatable bonds is 5. The van der Waals surface area contributed by atoms with Crippen LogP contribution in [0.5, 0.6) is 0 Å². The van der Waals surface area contributed by atoms with Gasteiger partial charge in [0.15, 0.2) is 0 Å². The Morgan fingerprint density at radius 1 is 1.53 bits per heavy atom. The molecule has 0 aromatic heterocycles. The summed E-state index contributed by atoms with van der Waals surface area (Å²) in [5.74, 6) is 0. The summed E-state index contributed by atoms with van der Waals surface area (Å²) < 4.78 is 0.674. The first-order valence-electron chi connectivity index (χ1n) is 6.45. The van der Waals surface area contributed by atoms with Crippen LogP contribution in [0.15, 0.2) is 18.2 Å². The maximum absolute atomic E-state index is 10.8. The number of nitro benzene ring substituents is 1. The van der Waals surface area contributed by atoms with Crippen molar-refractivity contribution in [3.05, 3.63) is 31.9 Å². The summed E-state index contributed by atoms with van der Waals surface area (Å²) in [5.41, 5.74) is 1.21. The van der Waals surface area contributed by atoms with Gasteiger partial charge in [0.25, 0.3) is 5.69 Å². The standard InChI is InChI=1S/C13H17IN2O3/c14-12-9-11(5-6-13(12)16(18)19)15-7-1-3-10(15)4-2-8-17/h5-6,9-10,17H,1-4,7-8H2. The highest BCUT2D eigenvalue weighted by atomic mass is 127. The molecule has 104 valence electrons. The van der Waals surface area contributed by atoms with Gasteiger partial charge in [-0.25, -0.2) is 0 Å². The van der Waals surface area contributed by atoms with Gasteiger partial charge in [0.2, 0.25) is 0 Å². The first-order chi connectivity index (χ1) is 9.13. The minimum atomic E-state index is -0.348. The average Bonchev–Trinajstić information content (AvgIpc) is 2.83. The summed E-state index contributed by atoms with van der Waals surface area (Å²) >= 11 is 2.02. The van der Waals surface area contributed by atoms with Gasteiger partial charge in [-0.05, 0) is 60.4 Å². The fraction of sp³-hybridized carbons (Fsp3) is 0.538. The first-order valence-corrected chi connectivity index (χ1v) is 7.53. The van der Waals surface area contributed by atoms with E-state index in [9.17, 15) is 10.1 Å². The molecular formula is C13H17IN2O3. The monoisotopic (exact) mass is 376 g/mol. The van der Waals surface area contributed by atoms with Crippen molar-refractivity contribution in [2.75, 3.05) is 18.1 Å². The summed E-state index contributed by atoms with van der Waals surface area (Å²) in [4.78, 5) is 12.8. The van der Waals surface area contributed by atoms with Crippen molar-refractivity contribution in [1.29, 1.82) is 0 Å². The van der Waals surface area contributed by atoms with Gasteiger partial charge >= 0.3 is 0 Å². The maximum Gasteiger partial charge on any atom is 0.282 e. The molecule has 0 amide bonds. The highest BCUT2D eigenvalue weighted by molar-refractivity contribution is 14.1. The van der Waals surface area contributed by atoms with Crippen LogP contribution >= 0.6 is 22.6 Å². The largest absolute Gasteiger partial charge is 0.396 e. The smallest absolute Gasteiger partial charge is 0.282 e. The lowest BCUT2D eigenvalue weighted by molar-refractivity contribution is -0.385. The van der Waals surface area contributed by atoms with Crippen LogP contribution in [-0.4, -0.2) is 29.2 Å². The van der Waals surface area contributed by atoms with Crippen molar-refractivity contribution in [3.8, 4) is 0 Å². The highest BCUT2D eigenvalue weighted by Crippen LogP contribution is 2.32. The molecule has 1 N–H and O–H groups in total. The second kappa shape index (κ2) is 6.51. The van der Waals surface area contributed by atoms with E-state index in [-0.39, 0.29) is 17.2 Å². The first kappa shape index (κ1) is 14.5. The Hall–Kier alpha value is -0.890. The Balaban J connectivity index is 2.16. The van der Waals surface area contributed by atoms with Gasteiger partial charge in [0.1, 0.15) is 0 Å². The molecule has 1 heterocycles. The third-order valence-corrected chi connectivity index (χ3v) is 4.40. The van der Waals surface area contributed by atoms with Crippen molar-refractivity contribution in [2.24, 2.45) is 0 Å². The molecule has 1 aliphatic rings. The Bertz CT molecular complexity index is 467. The minimum absolute atomic E-state index is 0.162. The van der Waals surface area contributed by atoms with Crippen LogP contribution in [0.1, 0.15) is 25.7 Å². The molecule has 19 heavy (non-hydrogen) atoms. The number of benzene rings is 1. The zero-order valence-electron chi connectivity index (χ0n) is 10.6. The van der Waals surface area contributed by atoms with Crippen LogP contribution in [0, 0.1) is 13.7 Å². The third-order valence-electron chi connectivity index (χ3n) is 3.53. The molecule has 1 aromatic rings. The maximum atomic E-state index is 10.8. The van der Waals surface area contributed by atoms with E-state index in [0.29, 0.717) is 9.61 Å². The number of anilines is 1. The van der Waals surface area contributed by atoms with Crippen molar-refractivity contribution in [1.82, 2.24) is 0 Å². The van der Waals surface area contributed by atoms with E-state index in [1.54, 1.807) is 6.07 Å². The number of hydrogen-bond acceptors (Lipinski definition) is 4. The molecule has 2 rings (SSSR count). The van der Waals surface area contributed by atoms with Gasteiger partial charge in [-0.1, -0.05) is 0 Å². The number of nitrogens with zero attached hydrogens (tertiary/aromatic N) is 2. The lowest BCUT2D eigenvalue weighted by Crippen LogP contribution is -2.29. The normalized spacial score (nSPS) is 18.8. The van der Waals surface area contributed by atoms with Gasteiger partial charge < -0.3 is 10.0 Å². The number of hydrogen-bond donors (Lipinski definition) is 1. The molecule has 1 atom stereocenters. The zero-order chi connectivity index (χ0) is 13.8. The molecule has 1 unspecified atom stereocenters. The average molecular weight is 376 g/mol. The summed E-state index contributed by atoms with van der Waals surface area (Å²) in [6.07, 6.45) is 4.06. The SMILES string of the molecule is O=[N+]([O-])c1ccc(N2CCCC2CCCO)cc1I. The summed E-state index contributed by atoms with van der Waals surface area (Å²) in [6.45, 7) is 1.21. The molecule has 1 fully saturated rings. The molecule has 0 aliphatic carbocycles. The Morgan fingerprint density at radius 3 is 2.95 bits per heavy atom. The van der Waals surface area contributed by atoms with Crippen LogP contribution in [-0.2, 0) is 0 Å². The van der Waals surface area contributed by atoms with Crippen LogP contribution in [0.2, 0.25) is 0 Å². The molecular weight excluding hydrogens is 359 g/mol. The Labute approximate surface area is 125 Å². The van der Waals surface area contributed by atoms with Crippen LogP contribution < -0.4 is 4.90 Å². The van der Waals surface area contributed by atoms with E-state index in [1.807, 2.05) is 34.7 Å². The lowest BCUT2D eigenvalue weighted by atomic mass is 10.1. The van der Waals surface area contributed by atoms with E-state index in [4.69, 9.17) is 5.11 Å². The topological polar surface area (TPSA) is 66.6 Å². The van der Waals surface area contributed by atoms with E-state index < -0.39 is 0 Å². The highest BCUT2D eigenvalue weighted by Gasteiger charge is 2.25. The van der Waals surface area contributed by atoms with E-state index in [2.05, 4.69) is 4.90 Å². The molecule has 5 nitrogen and oxygen atoms in total. The predicted octanol–water partition coefficient (Wildman–Crippen LogP) is 2.94. The number of aliphatic hydroxyl groups excluding tert-OH is 1. The fourth-order valence-electron chi connectivity index (χ4n) is 2.63. The van der Waals surface area contributed by atoms with Gasteiger partial charge in [-0.2, -0.15) is 0 Å². The van der Waals surface area contributed by atoms with Crippen LogP contribution in [0.4, 0.5) is 11.4 Å². The number of halogens is 1. The van der Waals surface area contributed by atoms with Crippen molar-refractivity contribution in [3.63, 3.8) is 0 Å². The molecule has 0 bridgehead atoms. The van der Waals surface area contributed by atoms with Gasteiger partial charge in [-0.3, -0.25) is 10.1 Å².